The maximum absolute atomic E-state index is 12.4. The van der Waals surface area contributed by atoms with Crippen LogP contribution in [0.5, 0.6) is 11.5 Å². The number of rotatable bonds is 7. The van der Waals surface area contributed by atoms with Crippen molar-refractivity contribution in [1.82, 2.24) is 4.90 Å². The van der Waals surface area contributed by atoms with Gasteiger partial charge < -0.3 is 19.7 Å². The molecule has 0 radical (unpaired) electrons. The first-order valence-electron chi connectivity index (χ1n) is 10.3. The number of ether oxygens (including phenoxy) is 2. The fraction of sp³-hybridized carbons (Fsp3) is 0.409. The molecule has 1 fully saturated rings. The molecule has 1 atom stereocenters. The molecular weight excluding hydrogens is 400 g/mol. The summed E-state index contributed by atoms with van der Waals surface area (Å²) in [4.78, 5) is 33.9. The number of methoxy groups -OCH3 is 1. The van der Waals surface area contributed by atoms with E-state index in [0.717, 1.165) is 38.5 Å². The molecule has 1 saturated heterocycles. The lowest BCUT2D eigenvalue weighted by molar-refractivity contribution is -0.736. The molecule has 1 amide bonds. The van der Waals surface area contributed by atoms with Crippen LogP contribution in [0.3, 0.4) is 0 Å². The van der Waals surface area contributed by atoms with Crippen molar-refractivity contribution in [2.45, 2.75) is 12.5 Å². The number of nitrogens with zero attached hydrogens (tertiary/aromatic N) is 3. The topological polar surface area (TPSA) is 83.3 Å². The van der Waals surface area contributed by atoms with Gasteiger partial charge in [0, 0.05) is 50.9 Å². The van der Waals surface area contributed by atoms with Crippen LogP contribution in [0.15, 0.2) is 42.5 Å². The fourth-order valence-electron chi connectivity index (χ4n) is 3.86. The highest BCUT2D eigenvalue weighted by Crippen LogP contribution is 2.34. The first-order chi connectivity index (χ1) is 15.1. The Labute approximate surface area is 181 Å². The molecule has 0 aliphatic carbocycles. The Morgan fingerprint density at radius 2 is 1.84 bits per heavy atom. The highest BCUT2D eigenvalue weighted by atomic mass is 16.8. The third-order valence-electron chi connectivity index (χ3n) is 5.68. The van der Waals surface area contributed by atoms with E-state index in [4.69, 9.17) is 9.47 Å². The predicted molar refractivity (Wildman–Crippen MR) is 116 cm³/mol. The van der Waals surface area contributed by atoms with E-state index in [2.05, 4.69) is 32.1 Å². The number of hydrogen-bond acceptors (Lipinski definition) is 7. The van der Waals surface area contributed by atoms with E-state index in [1.807, 2.05) is 12.1 Å². The van der Waals surface area contributed by atoms with Crippen LogP contribution in [0.25, 0.3) is 0 Å². The molecule has 164 valence electrons. The third kappa shape index (κ3) is 4.72. The van der Waals surface area contributed by atoms with E-state index in [1.54, 1.807) is 25.3 Å². The molecule has 31 heavy (non-hydrogen) atoms. The Morgan fingerprint density at radius 3 is 2.52 bits per heavy atom. The van der Waals surface area contributed by atoms with Crippen molar-refractivity contribution in [2.24, 2.45) is 0 Å². The summed E-state index contributed by atoms with van der Waals surface area (Å²) in [6.45, 7) is 4.44. The minimum absolute atomic E-state index is 0.164. The zero-order chi connectivity index (χ0) is 21.8. The van der Waals surface area contributed by atoms with Crippen LogP contribution in [0.4, 0.5) is 17.1 Å². The van der Waals surface area contributed by atoms with Crippen LogP contribution >= 0.6 is 0 Å². The number of fused-ring (bicyclic) bond motifs is 1. The lowest BCUT2D eigenvalue weighted by Crippen LogP contribution is -2.48. The summed E-state index contributed by atoms with van der Waals surface area (Å²) in [6, 6.07) is 12.9. The number of carbonyl (C=O) groups is 1. The van der Waals surface area contributed by atoms with Gasteiger partial charge in [-0.1, -0.05) is 0 Å². The van der Waals surface area contributed by atoms with Crippen LogP contribution in [0.1, 0.15) is 6.42 Å². The summed E-state index contributed by atoms with van der Waals surface area (Å²) in [5.41, 5.74) is 2.06. The van der Waals surface area contributed by atoms with E-state index >= 15 is 0 Å². The predicted octanol–water partition coefficient (Wildman–Crippen LogP) is 2.58. The number of hydrogen-bond donors (Lipinski definition) is 1. The Morgan fingerprint density at radius 1 is 1.10 bits per heavy atom. The number of anilines is 2. The van der Waals surface area contributed by atoms with Crippen molar-refractivity contribution < 1.29 is 24.0 Å². The lowest BCUT2D eigenvalue weighted by atomic mass is 10.1. The monoisotopic (exact) mass is 427 g/mol. The molecular formula is C22H27N4O5+. The zero-order valence-corrected chi connectivity index (χ0v) is 17.7. The van der Waals surface area contributed by atoms with Crippen molar-refractivity contribution in [3.05, 3.63) is 47.4 Å². The van der Waals surface area contributed by atoms with Crippen LogP contribution in [0.2, 0.25) is 0 Å². The summed E-state index contributed by atoms with van der Waals surface area (Å²) in [5, 5.41) is 2.86. The summed E-state index contributed by atoms with van der Waals surface area (Å²) in [7, 11) is 2.96. The number of amides is 1. The normalized spacial score (nSPS) is 18.6. The quantitative estimate of drug-likeness (QED) is 0.680. The Hall–Kier alpha value is -3.33. The molecule has 0 aromatic heterocycles. The van der Waals surface area contributed by atoms with Crippen LogP contribution < -0.4 is 19.7 Å². The molecule has 0 saturated carbocycles. The summed E-state index contributed by atoms with van der Waals surface area (Å²) >= 11 is 0. The highest BCUT2D eigenvalue weighted by Gasteiger charge is 2.30. The van der Waals surface area contributed by atoms with E-state index in [1.165, 1.54) is 12.8 Å². The average molecular weight is 427 g/mol. The van der Waals surface area contributed by atoms with Crippen molar-refractivity contribution in [2.75, 3.05) is 57.2 Å². The molecule has 0 bridgehead atoms. The maximum atomic E-state index is 12.4. The molecule has 2 aromatic rings. The van der Waals surface area contributed by atoms with Gasteiger partial charge in [-0.3, -0.25) is 9.69 Å². The van der Waals surface area contributed by atoms with Gasteiger partial charge in [0.2, 0.25) is 0 Å². The number of carbonyl (C=O) groups excluding carboxylic acids is 1. The van der Waals surface area contributed by atoms with Gasteiger partial charge in [0.05, 0.1) is 23.8 Å². The zero-order valence-electron chi connectivity index (χ0n) is 17.7. The summed E-state index contributed by atoms with van der Waals surface area (Å²) in [6.07, 6.45) is -0.0198. The lowest BCUT2D eigenvalue weighted by Gasteiger charge is -2.36. The molecule has 9 nitrogen and oxygen atoms in total. The third-order valence-corrected chi connectivity index (χ3v) is 5.68. The van der Waals surface area contributed by atoms with Crippen molar-refractivity contribution >= 4 is 23.0 Å². The van der Waals surface area contributed by atoms with Crippen molar-refractivity contribution in [3.8, 4) is 11.5 Å². The van der Waals surface area contributed by atoms with Crippen LogP contribution in [-0.2, 0) is 9.63 Å². The van der Waals surface area contributed by atoms with Gasteiger partial charge in [0.1, 0.15) is 5.75 Å². The van der Waals surface area contributed by atoms with E-state index in [-0.39, 0.29) is 5.91 Å². The second kappa shape index (κ2) is 9.22. The van der Waals surface area contributed by atoms with Crippen LogP contribution in [0, 0.1) is 4.91 Å². The summed E-state index contributed by atoms with van der Waals surface area (Å²) < 4.78 is 11.1. The Kier molecular flexibility index (Phi) is 6.22. The molecule has 2 heterocycles. The maximum Gasteiger partial charge on any atom is 0.320 e. The van der Waals surface area contributed by atoms with Gasteiger partial charge in [-0.25, -0.2) is 4.84 Å². The minimum Gasteiger partial charge on any atom is -0.497 e. The molecule has 9 heteroatoms. The van der Waals surface area contributed by atoms with Crippen LogP contribution in [-0.4, -0.2) is 68.8 Å². The molecule has 1 N–H and O–H groups in total. The van der Waals surface area contributed by atoms with E-state index < -0.39 is 6.10 Å². The minimum atomic E-state index is -0.593. The molecule has 2 aliphatic heterocycles. The molecule has 0 spiro atoms. The van der Waals surface area contributed by atoms with E-state index in [9.17, 15) is 9.70 Å². The van der Waals surface area contributed by atoms with Gasteiger partial charge in [-0.15, -0.1) is 0 Å². The number of piperazine rings is 1. The van der Waals surface area contributed by atoms with E-state index in [0.29, 0.717) is 28.5 Å². The van der Waals surface area contributed by atoms with Gasteiger partial charge in [-0.05, 0) is 30.3 Å². The van der Waals surface area contributed by atoms with Crippen molar-refractivity contribution in [1.29, 1.82) is 0 Å². The van der Waals surface area contributed by atoms with Gasteiger partial charge in [0.25, 0.3) is 10.8 Å². The highest BCUT2D eigenvalue weighted by molar-refractivity contribution is 5.97. The SMILES string of the molecule is COc1ccc(N2CCN(CCC3Oc4cc([N+](=O)OC)ccc4NC3=O)CC2)cc1. The first kappa shape index (κ1) is 20.9. The average Bonchev–Trinajstić information content (AvgIpc) is 2.82. The second-order valence-corrected chi connectivity index (χ2v) is 7.53. The molecule has 2 aromatic carbocycles. The van der Waals surface area contributed by atoms with Gasteiger partial charge >= 0.3 is 5.69 Å². The van der Waals surface area contributed by atoms with Crippen molar-refractivity contribution in [3.63, 3.8) is 0 Å². The fourth-order valence-corrected chi connectivity index (χ4v) is 3.86. The second-order valence-electron chi connectivity index (χ2n) is 7.53. The Balaban J connectivity index is 1.30. The molecule has 1 unspecified atom stereocenters. The standard InChI is InChI=1S/C22H26N4O5/c1-29-18-6-3-16(4-7-18)25-13-11-24(12-14-25)10-9-20-22(27)23-19-8-5-17(26(28)30-2)15-21(19)31-20/h3-8,15,20H,9-14H2,1-2H3/p+1. The number of benzene rings is 2. The van der Waals surface area contributed by atoms with Gasteiger partial charge in [-0.2, -0.15) is 0 Å². The Bertz CT molecular complexity index is 941. The largest absolute Gasteiger partial charge is 0.497 e. The van der Waals surface area contributed by atoms with Gasteiger partial charge in [0.15, 0.2) is 19.0 Å². The number of nitrogens with one attached hydrogen (secondary N) is 1. The summed E-state index contributed by atoms with van der Waals surface area (Å²) in [5.74, 6) is 1.17. The smallest absolute Gasteiger partial charge is 0.320 e. The molecule has 2 aliphatic rings. The molecule has 4 rings (SSSR count). The first-order valence-corrected chi connectivity index (χ1v) is 10.3.